The predicted octanol–water partition coefficient (Wildman–Crippen LogP) is 0.295. The van der Waals surface area contributed by atoms with Crippen molar-refractivity contribution in [2.24, 2.45) is 0 Å². The van der Waals surface area contributed by atoms with Crippen LogP contribution in [-0.4, -0.2) is 39.0 Å². The Bertz CT molecular complexity index is 183. The second-order valence-electron chi connectivity index (χ2n) is 3.23. The average Bonchev–Trinajstić information content (AvgIpc) is 2.20. The Morgan fingerprint density at radius 3 is 2.77 bits per heavy atom. The van der Waals surface area contributed by atoms with Gasteiger partial charge >= 0.3 is 0 Å². The molecule has 1 rings (SSSR count). The summed E-state index contributed by atoms with van der Waals surface area (Å²) < 4.78 is 10.1. The molecule has 1 fully saturated rings. The average molecular weight is 184 g/mol. The summed E-state index contributed by atoms with van der Waals surface area (Å²) >= 11 is 0. The van der Waals surface area contributed by atoms with Gasteiger partial charge in [0.1, 0.15) is 5.54 Å². The maximum Gasteiger partial charge on any atom is 0.111 e. The quantitative estimate of drug-likeness (QED) is 0.638. The van der Waals surface area contributed by atoms with Crippen molar-refractivity contribution >= 4 is 0 Å². The zero-order valence-electron chi connectivity index (χ0n) is 8.01. The van der Waals surface area contributed by atoms with E-state index in [1.54, 1.807) is 7.11 Å². The van der Waals surface area contributed by atoms with Gasteiger partial charge in [0.2, 0.25) is 0 Å². The number of hydrogen-bond acceptors (Lipinski definition) is 4. The van der Waals surface area contributed by atoms with E-state index < -0.39 is 0 Å². The summed E-state index contributed by atoms with van der Waals surface area (Å²) in [7, 11) is 1.66. The molecule has 0 radical (unpaired) electrons. The van der Waals surface area contributed by atoms with Crippen LogP contribution < -0.4 is 5.32 Å². The molecule has 74 valence electrons. The van der Waals surface area contributed by atoms with Crippen LogP contribution in [0.1, 0.15) is 12.8 Å². The molecule has 13 heavy (non-hydrogen) atoms. The molecule has 1 N–H and O–H groups in total. The lowest BCUT2D eigenvalue weighted by Crippen LogP contribution is -2.49. The van der Waals surface area contributed by atoms with Crippen molar-refractivity contribution in [3.05, 3.63) is 0 Å². The van der Waals surface area contributed by atoms with Crippen molar-refractivity contribution in [1.29, 1.82) is 5.26 Å². The van der Waals surface area contributed by atoms with Crippen molar-refractivity contribution in [3.8, 4) is 6.07 Å². The van der Waals surface area contributed by atoms with Gasteiger partial charge < -0.3 is 9.47 Å². The lowest BCUT2D eigenvalue weighted by molar-refractivity contribution is 0.0551. The topological polar surface area (TPSA) is 54.3 Å². The molecule has 0 aromatic rings. The minimum Gasteiger partial charge on any atom is -0.383 e. The Morgan fingerprint density at radius 1 is 1.54 bits per heavy atom. The van der Waals surface area contributed by atoms with Gasteiger partial charge in [0.15, 0.2) is 0 Å². The van der Waals surface area contributed by atoms with Crippen LogP contribution in [0.3, 0.4) is 0 Å². The summed E-state index contributed by atoms with van der Waals surface area (Å²) in [5.41, 5.74) is -0.378. The first-order valence-electron chi connectivity index (χ1n) is 4.56. The number of rotatable bonds is 4. The van der Waals surface area contributed by atoms with Gasteiger partial charge in [-0.15, -0.1) is 0 Å². The number of ether oxygens (including phenoxy) is 2. The molecule has 0 aromatic carbocycles. The van der Waals surface area contributed by atoms with E-state index in [0.717, 1.165) is 19.4 Å². The second kappa shape index (κ2) is 5.18. The monoisotopic (exact) mass is 184 g/mol. The van der Waals surface area contributed by atoms with E-state index >= 15 is 0 Å². The van der Waals surface area contributed by atoms with Gasteiger partial charge in [-0.3, -0.25) is 5.32 Å². The highest BCUT2D eigenvalue weighted by Crippen LogP contribution is 2.19. The number of hydrogen-bond donors (Lipinski definition) is 1. The number of nitrogens with one attached hydrogen (secondary N) is 1. The third-order valence-electron chi connectivity index (χ3n) is 2.33. The number of nitrogens with zero attached hydrogens (tertiary/aromatic N) is 1. The third-order valence-corrected chi connectivity index (χ3v) is 2.33. The Balaban J connectivity index is 2.35. The molecule has 4 heteroatoms. The van der Waals surface area contributed by atoms with E-state index in [9.17, 15) is 0 Å². The molecular formula is C9H16N2O2. The SMILES string of the molecule is COCCNC1(C#N)CCOCC1. The van der Waals surface area contributed by atoms with Gasteiger partial charge in [0.25, 0.3) is 0 Å². The molecule has 0 aromatic heterocycles. The summed E-state index contributed by atoms with van der Waals surface area (Å²) in [5.74, 6) is 0. The summed E-state index contributed by atoms with van der Waals surface area (Å²) in [5, 5.41) is 12.3. The van der Waals surface area contributed by atoms with E-state index in [-0.39, 0.29) is 5.54 Å². The molecule has 0 atom stereocenters. The zero-order valence-corrected chi connectivity index (χ0v) is 8.01. The second-order valence-corrected chi connectivity index (χ2v) is 3.23. The minimum absolute atomic E-state index is 0.378. The summed E-state index contributed by atoms with van der Waals surface area (Å²) in [4.78, 5) is 0. The Kier molecular flexibility index (Phi) is 4.16. The molecule has 0 amide bonds. The highest BCUT2D eigenvalue weighted by molar-refractivity contribution is 5.08. The van der Waals surface area contributed by atoms with Gasteiger partial charge in [0, 0.05) is 39.7 Å². The van der Waals surface area contributed by atoms with Crippen LogP contribution in [0.2, 0.25) is 0 Å². The van der Waals surface area contributed by atoms with Crippen LogP contribution in [-0.2, 0) is 9.47 Å². The lowest BCUT2D eigenvalue weighted by atomic mass is 9.92. The van der Waals surface area contributed by atoms with Crippen LogP contribution in [0.15, 0.2) is 0 Å². The first-order chi connectivity index (χ1) is 6.33. The summed E-state index contributed by atoms with van der Waals surface area (Å²) in [6, 6.07) is 2.33. The fourth-order valence-corrected chi connectivity index (χ4v) is 1.44. The van der Waals surface area contributed by atoms with Crippen LogP contribution in [0.25, 0.3) is 0 Å². The Hall–Kier alpha value is -0.630. The van der Waals surface area contributed by atoms with Crippen molar-refractivity contribution < 1.29 is 9.47 Å². The summed E-state index contributed by atoms with van der Waals surface area (Å²) in [6.45, 7) is 2.72. The summed E-state index contributed by atoms with van der Waals surface area (Å²) in [6.07, 6.45) is 1.54. The van der Waals surface area contributed by atoms with Crippen molar-refractivity contribution in [2.75, 3.05) is 33.5 Å². The van der Waals surface area contributed by atoms with E-state index in [1.807, 2.05) is 0 Å². The maximum absolute atomic E-state index is 9.03. The lowest BCUT2D eigenvalue weighted by Gasteiger charge is -2.31. The standard InChI is InChI=1S/C9H16N2O2/c1-12-7-4-11-9(8-10)2-5-13-6-3-9/h11H,2-7H2,1H3. The van der Waals surface area contributed by atoms with E-state index in [4.69, 9.17) is 14.7 Å². The Labute approximate surface area is 78.8 Å². The smallest absolute Gasteiger partial charge is 0.111 e. The molecule has 1 saturated heterocycles. The highest BCUT2D eigenvalue weighted by Gasteiger charge is 2.31. The normalized spacial score (nSPS) is 20.9. The minimum atomic E-state index is -0.378. The first-order valence-corrected chi connectivity index (χ1v) is 4.56. The van der Waals surface area contributed by atoms with Crippen molar-refractivity contribution in [3.63, 3.8) is 0 Å². The van der Waals surface area contributed by atoms with Crippen molar-refractivity contribution in [2.45, 2.75) is 18.4 Å². The molecule has 0 saturated carbocycles. The molecular weight excluding hydrogens is 168 g/mol. The van der Waals surface area contributed by atoms with E-state index in [2.05, 4.69) is 11.4 Å². The molecule has 0 aliphatic carbocycles. The largest absolute Gasteiger partial charge is 0.383 e. The fraction of sp³-hybridized carbons (Fsp3) is 0.889. The zero-order chi connectivity index (χ0) is 9.57. The maximum atomic E-state index is 9.03. The van der Waals surface area contributed by atoms with Gasteiger partial charge in [-0.2, -0.15) is 5.26 Å². The van der Waals surface area contributed by atoms with Crippen LogP contribution in [0.4, 0.5) is 0 Å². The van der Waals surface area contributed by atoms with E-state index in [0.29, 0.717) is 19.8 Å². The predicted molar refractivity (Wildman–Crippen MR) is 48.3 cm³/mol. The Morgan fingerprint density at radius 2 is 2.23 bits per heavy atom. The van der Waals surface area contributed by atoms with Gasteiger partial charge in [-0.25, -0.2) is 0 Å². The van der Waals surface area contributed by atoms with E-state index in [1.165, 1.54) is 0 Å². The molecule has 1 heterocycles. The van der Waals surface area contributed by atoms with Crippen LogP contribution >= 0.6 is 0 Å². The van der Waals surface area contributed by atoms with Crippen molar-refractivity contribution in [1.82, 2.24) is 5.32 Å². The first kappa shape index (κ1) is 10.5. The molecule has 4 nitrogen and oxygen atoms in total. The van der Waals surface area contributed by atoms with Crippen LogP contribution in [0, 0.1) is 11.3 Å². The van der Waals surface area contributed by atoms with Gasteiger partial charge in [-0.1, -0.05) is 0 Å². The number of methoxy groups -OCH3 is 1. The molecule has 1 aliphatic rings. The highest BCUT2D eigenvalue weighted by atomic mass is 16.5. The number of nitriles is 1. The molecule has 0 bridgehead atoms. The molecule has 0 spiro atoms. The molecule has 0 unspecified atom stereocenters. The van der Waals surface area contributed by atoms with Gasteiger partial charge in [0.05, 0.1) is 12.7 Å². The van der Waals surface area contributed by atoms with Gasteiger partial charge in [-0.05, 0) is 0 Å². The third kappa shape index (κ3) is 2.96. The molecule has 1 aliphatic heterocycles. The van der Waals surface area contributed by atoms with Crippen LogP contribution in [0.5, 0.6) is 0 Å². The fourth-order valence-electron chi connectivity index (χ4n) is 1.44.